The first-order valence-corrected chi connectivity index (χ1v) is 11.9. The van der Waals surface area contributed by atoms with E-state index in [1.54, 1.807) is 31.1 Å². The zero-order chi connectivity index (χ0) is 25.1. The molecule has 10 nitrogen and oxygen atoms in total. The van der Waals surface area contributed by atoms with Gasteiger partial charge in [-0.3, -0.25) is 4.90 Å². The van der Waals surface area contributed by atoms with Gasteiger partial charge in [0.25, 0.3) is 0 Å². The first-order chi connectivity index (χ1) is 17.6. The summed E-state index contributed by atoms with van der Waals surface area (Å²) in [5, 5.41) is 27.9. The monoisotopic (exact) mass is 490 g/mol. The number of aliphatic hydroxyl groups excluding tert-OH is 2. The molecule has 0 saturated carbocycles. The van der Waals surface area contributed by atoms with E-state index in [1.165, 1.54) is 0 Å². The number of nitrogens with zero attached hydrogens (tertiary/aromatic N) is 5. The second-order valence-corrected chi connectivity index (χ2v) is 8.77. The van der Waals surface area contributed by atoms with Crippen LogP contribution in [0.1, 0.15) is 17.9 Å². The maximum atomic E-state index is 10.7. The molecular weight excluding hydrogens is 460 g/mol. The molecule has 4 heterocycles. The van der Waals surface area contributed by atoms with E-state index in [-0.39, 0.29) is 12.5 Å². The Labute approximate surface area is 209 Å². The Morgan fingerprint density at radius 1 is 1.11 bits per heavy atom. The van der Waals surface area contributed by atoms with Crippen LogP contribution in [0.4, 0.5) is 11.6 Å². The van der Waals surface area contributed by atoms with Crippen LogP contribution in [-0.4, -0.2) is 81.3 Å². The predicted octanol–water partition coefficient (Wildman–Crippen LogP) is 2.69. The Hall–Kier alpha value is -3.73. The minimum Gasteiger partial charge on any atom is -0.495 e. The van der Waals surface area contributed by atoms with Gasteiger partial charge in [0.1, 0.15) is 5.75 Å². The summed E-state index contributed by atoms with van der Waals surface area (Å²) < 4.78 is 12.9. The third kappa shape index (κ3) is 4.70. The highest BCUT2D eigenvalue weighted by atomic mass is 16.5. The fourth-order valence-corrected chi connectivity index (χ4v) is 4.80. The summed E-state index contributed by atoms with van der Waals surface area (Å²) in [5.41, 5.74) is 4.24. The van der Waals surface area contributed by atoms with E-state index in [9.17, 15) is 10.2 Å². The van der Waals surface area contributed by atoms with Crippen molar-refractivity contribution in [1.29, 1.82) is 0 Å². The van der Waals surface area contributed by atoms with E-state index < -0.39 is 6.10 Å². The lowest BCUT2D eigenvalue weighted by atomic mass is 9.87. The zero-order valence-electron chi connectivity index (χ0n) is 20.3. The molecule has 2 atom stereocenters. The van der Waals surface area contributed by atoms with Gasteiger partial charge in [0, 0.05) is 25.2 Å². The van der Waals surface area contributed by atoms with Crippen LogP contribution in [0.2, 0.25) is 0 Å². The van der Waals surface area contributed by atoms with Gasteiger partial charge in [-0.25, -0.2) is 14.5 Å². The van der Waals surface area contributed by atoms with Crippen LogP contribution < -0.4 is 14.8 Å². The normalized spacial score (nSPS) is 18.3. The highest BCUT2D eigenvalue weighted by Crippen LogP contribution is 2.35. The topological polar surface area (TPSA) is 117 Å². The van der Waals surface area contributed by atoms with Gasteiger partial charge in [-0.1, -0.05) is 6.07 Å². The second-order valence-electron chi connectivity index (χ2n) is 8.77. The van der Waals surface area contributed by atoms with Crippen LogP contribution >= 0.6 is 0 Å². The molecule has 1 aliphatic rings. The molecule has 36 heavy (non-hydrogen) atoms. The summed E-state index contributed by atoms with van der Waals surface area (Å²) in [5.74, 6) is 1.58. The maximum absolute atomic E-state index is 10.7. The Bertz CT molecular complexity index is 1340. The molecule has 1 saturated heterocycles. The Balaban J connectivity index is 1.40. The average molecular weight is 491 g/mol. The number of methoxy groups -OCH3 is 2. The molecule has 4 aromatic rings. The number of benzene rings is 1. The van der Waals surface area contributed by atoms with E-state index in [4.69, 9.17) is 14.6 Å². The van der Waals surface area contributed by atoms with Crippen molar-refractivity contribution in [2.75, 3.05) is 45.8 Å². The molecule has 1 aromatic carbocycles. The number of nitrogens with one attached hydrogen (secondary N) is 1. The molecular formula is C26H30N6O4. The molecule has 1 fully saturated rings. The van der Waals surface area contributed by atoms with E-state index in [0.717, 1.165) is 41.0 Å². The van der Waals surface area contributed by atoms with Gasteiger partial charge < -0.3 is 25.0 Å². The Morgan fingerprint density at radius 3 is 2.78 bits per heavy atom. The van der Waals surface area contributed by atoms with Gasteiger partial charge in [-0.2, -0.15) is 0 Å². The molecule has 0 amide bonds. The summed E-state index contributed by atoms with van der Waals surface area (Å²) in [6.45, 7) is 2.05. The largest absolute Gasteiger partial charge is 0.495 e. The van der Waals surface area contributed by atoms with Crippen molar-refractivity contribution < 1.29 is 19.7 Å². The molecule has 1 aliphatic heterocycles. The Morgan fingerprint density at radius 2 is 2.00 bits per heavy atom. The smallest absolute Gasteiger partial charge is 0.245 e. The van der Waals surface area contributed by atoms with Crippen LogP contribution in [0.25, 0.3) is 16.8 Å². The number of rotatable bonds is 8. The number of likely N-dealkylation sites (tertiary alicyclic amines) is 1. The SMILES string of the molecule is COc1cc([C@@H]2CCN(CCO)C[C@@H]2O)ccc1Nc1ncc2ccc(-c3cccnc3OC)n2n1. The first-order valence-electron chi connectivity index (χ1n) is 11.9. The summed E-state index contributed by atoms with van der Waals surface area (Å²) in [4.78, 5) is 10.8. The number of aromatic nitrogens is 4. The number of anilines is 2. The molecule has 10 heteroatoms. The molecule has 0 aliphatic carbocycles. The van der Waals surface area contributed by atoms with Crippen molar-refractivity contribution in [2.24, 2.45) is 0 Å². The molecule has 0 bridgehead atoms. The third-order valence-corrected chi connectivity index (χ3v) is 6.62. The van der Waals surface area contributed by atoms with Gasteiger partial charge >= 0.3 is 0 Å². The van der Waals surface area contributed by atoms with Crippen molar-refractivity contribution in [1.82, 2.24) is 24.5 Å². The standard InChI is InChI=1S/C26H30N6O4/c1-35-24-14-17(19-9-11-31(12-13-33)16-23(19)34)5-7-21(24)29-26-28-15-18-6-8-22(32(18)30-26)20-4-3-10-27-25(20)36-2/h3-8,10,14-15,19,23,33-34H,9,11-13,16H2,1-2H3,(H,29,30)/t19-,23-/m0/s1. The average Bonchev–Trinajstić information content (AvgIpc) is 3.32. The van der Waals surface area contributed by atoms with Crippen LogP contribution in [0.3, 0.4) is 0 Å². The Kier molecular flexibility index (Phi) is 6.99. The number of β-amino-alcohol motifs (C(OH)–C–C–N with tert-alkyl or cyclic N) is 2. The highest BCUT2D eigenvalue weighted by molar-refractivity contribution is 5.71. The van der Waals surface area contributed by atoms with Crippen LogP contribution in [0.15, 0.2) is 54.9 Å². The zero-order valence-corrected chi connectivity index (χ0v) is 20.3. The number of fused-ring (bicyclic) bond motifs is 1. The number of piperidine rings is 1. The number of hydrogen-bond acceptors (Lipinski definition) is 9. The molecule has 3 aromatic heterocycles. The maximum Gasteiger partial charge on any atom is 0.245 e. The van der Waals surface area contributed by atoms with E-state index in [0.29, 0.717) is 30.7 Å². The van der Waals surface area contributed by atoms with Crippen molar-refractivity contribution >= 4 is 17.2 Å². The first kappa shape index (κ1) is 24.0. The van der Waals surface area contributed by atoms with Crippen LogP contribution in [-0.2, 0) is 0 Å². The van der Waals surface area contributed by atoms with Gasteiger partial charge in [0.15, 0.2) is 0 Å². The molecule has 188 valence electrons. The van der Waals surface area contributed by atoms with Gasteiger partial charge in [-0.05, 0) is 54.9 Å². The fourth-order valence-electron chi connectivity index (χ4n) is 4.80. The fraction of sp³-hybridized carbons (Fsp3) is 0.346. The molecule has 3 N–H and O–H groups in total. The summed E-state index contributed by atoms with van der Waals surface area (Å²) >= 11 is 0. The predicted molar refractivity (Wildman–Crippen MR) is 136 cm³/mol. The lowest BCUT2D eigenvalue weighted by Gasteiger charge is -2.36. The number of pyridine rings is 1. The van der Waals surface area contributed by atoms with Crippen molar-refractivity contribution in [3.05, 3.63) is 60.4 Å². The second kappa shape index (κ2) is 10.5. The quantitative estimate of drug-likeness (QED) is 0.343. The third-order valence-electron chi connectivity index (χ3n) is 6.62. The van der Waals surface area contributed by atoms with Crippen LogP contribution in [0, 0.1) is 0 Å². The number of aliphatic hydroxyl groups is 2. The number of hydrogen-bond donors (Lipinski definition) is 3. The summed E-state index contributed by atoms with van der Waals surface area (Å²) in [6, 6.07) is 13.6. The summed E-state index contributed by atoms with van der Waals surface area (Å²) in [7, 11) is 3.21. The van der Waals surface area contributed by atoms with E-state index >= 15 is 0 Å². The van der Waals surface area contributed by atoms with Gasteiger partial charge in [0.05, 0.1) is 55.6 Å². The van der Waals surface area contributed by atoms with Gasteiger partial charge in [-0.15, -0.1) is 5.10 Å². The molecule has 0 unspecified atom stereocenters. The minimum atomic E-state index is -0.504. The van der Waals surface area contributed by atoms with Crippen LogP contribution in [0.5, 0.6) is 11.6 Å². The molecule has 0 radical (unpaired) electrons. The summed E-state index contributed by atoms with van der Waals surface area (Å²) in [6.07, 6.45) is 3.74. The van der Waals surface area contributed by atoms with Gasteiger partial charge in [0.2, 0.25) is 11.8 Å². The van der Waals surface area contributed by atoms with E-state index in [1.807, 2.05) is 42.5 Å². The highest BCUT2D eigenvalue weighted by Gasteiger charge is 2.29. The lowest BCUT2D eigenvalue weighted by Crippen LogP contribution is -2.43. The van der Waals surface area contributed by atoms with Crippen molar-refractivity contribution in [3.8, 4) is 22.9 Å². The van der Waals surface area contributed by atoms with Crippen molar-refractivity contribution in [3.63, 3.8) is 0 Å². The van der Waals surface area contributed by atoms with E-state index in [2.05, 4.69) is 20.2 Å². The number of ether oxygens (including phenoxy) is 2. The molecule has 0 spiro atoms. The minimum absolute atomic E-state index is 0.00684. The van der Waals surface area contributed by atoms with Crippen molar-refractivity contribution in [2.45, 2.75) is 18.4 Å². The lowest BCUT2D eigenvalue weighted by molar-refractivity contribution is 0.0434. The molecule has 5 rings (SSSR count).